The number of hydrogen-bond donors (Lipinski definition) is 1. The first-order valence-electron chi connectivity index (χ1n) is 4.69. The van der Waals surface area contributed by atoms with Crippen LogP contribution in [0.4, 0.5) is 5.82 Å². The van der Waals surface area contributed by atoms with Gasteiger partial charge < -0.3 is 15.0 Å². The largest absolute Gasteiger partial charge is 0.494 e. The highest BCUT2D eigenvalue weighted by Gasteiger charge is 2.16. The molecule has 0 amide bonds. The molecular weight excluding hydrogens is 228 g/mol. The molecule has 16 heavy (non-hydrogen) atoms. The minimum Gasteiger partial charge on any atom is -0.494 e. The number of aryl methyl sites for hydroxylation is 1. The molecule has 1 aromatic carbocycles. The fourth-order valence-electron chi connectivity index (χ4n) is 1.57. The maximum atomic E-state index is 6.04. The van der Waals surface area contributed by atoms with Gasteiger partial charge in [0.05, 0.1) is 17.7 Å². The third kappa shape index (κ3) is 1.72. The topological polar surface area (TPSA) is 61.3 Å². The number of benzene rings is 1. The number of halogens is 1. The van der Waals surface area contributed by atoms with Gasteiger partial charge in [0.1, 0.15) is 5.75 Å². The zero-order valence-corrected chi connectivity index (χ0v) is 9.71. The third-order valence-electron chi connectivity index (χ3n) is 2.30. The summed E-state index contributed by atoms with van der Waals surface area (Å²) in [7, 11) is 1.56. The molecule has 0 atom stereocenters. The monoisotopic (exact) mass is 238 g/mol. The van der Waals surface area contributed by atoms with Gasteiger partial charge in [-0.1, -0.05) is 22.8 Å². The van der Waals surface area contributed by atoms with Gasteiger partial charge >= 0.3 is 0 Å². The van der Waals surface area contributed by atoms with Crippen molar-refractivity contribution in [3.63, 3.8) is 0 Å². The fourth-order valence-corrected chi connectivity index (χ4v) is 1.80. The van der Waals surface area contributed by atoms with Gasteiger partial charge in [0, 0.05) is 6.07 Å². The number of ether oxygens (including phenoxy) is 1. The van der Waals surface area contributed by atoms with E-state index in [4.69, 9.17) is 26.6 Å². The van der Waals surface area contributed by atoms with Crippen LogP contribution < -0.4 is 10.5 Å². The minimum atomic E-state index is 0.330. The SMILES string of the molecule is COc1c(Cl)ccc(C)c1-c1cc(N)no1. The quantitative estimate of drug-likeness (QED) is 0.874. The van der Waals surface area contributed by atoms with Crippen LogP contribution in [0.2, 0.25) is 5.02 Å². The van der Waals surface area contributed by atoms with Gasteiger partial charge in [-0.25, -0.2) is 0 Å². The molecule has 0 unspecified atom stereocenters. The van der Waals surface area contributed by atoms with Crippen LogP contribution in [0.3, 0.4) is 0 Å². The van der Waals surface area contributed by atoms with Crippen LogP contribution in [0.25, 0.3) is 11.3 Å². The lowest BCUT2D eigenvalue weighted by atomic mass is 10.1. The molecule has 0 spiro atoms. The van der Waals surface area contributed by atoms with Crippen LogP contribution in [-0.4, -0.2) is 12.3 Å². The maximum absolute atomic E-state index is 6.04. The van der Waals surface area contributed by atoms with Crippen molar-refractivity contribution >= 4 is 17.4 Å². The molecule has 0 saturated heterocycles. The van der Waals surface area contributed by atoms with Gasteiger partial charge in [-0.3, -0.25) is 0 Å². The summed E-state index contributed by atoms with van der Waals surface area (Å²) in [5.41, 5.74) is 7.28. The second-order valence-electron chi connectivity index (χ2n) is 3.39. The molecular formula is C11H11ClN2O2. The number of aromatic nitrogens is 1. The van der Waals surface area contributed by atoms with Gasteiger partial charge in [-0.2, -0.15) is 0 Å². The predicted molar refractivity (Wildman–Crippen MR) is 62.7 cm³/mol. The van der Waals surface area contributed by atoms with Crippen molar-refractivity contribution in [3.8, 4) is 17.1 Å². The normalized spacial score (nSPS) is 10.4. The average Bonchev–Trinajstić information content (AvgIpc) is 2.67. The zero-order chi connectivity index (χ0) is 11.7. The number of nitrogens with zero attached hydrogens (tertiary/aromatic N) is 1. The number of nitrogen functional groups attached to an aromatic ring is 1. The molecule has 0 saturated carbocycles. The highest BCUT2D eigenvalue weighted by molar-refractivity contribution is 6.32. The highest BCUT2D eigenvalue weighted by atomic mass is 35.5. The number of hydrogen-bond acceptors (Lipinski definition) is 4. The van der Waals surface area contributed by atoms with Gasteiger partial charge in [-0.05, 0) is 18.6 Å². The van der Waals surface area contributed by atoms with Crippen molar-refractivity contribution in [3.05, 3.63) is 28.8 Å². The third-order valence-corrected chi connectivity index (χ3v) is 2.59. The zero-order valence-electron chi connectivity index (χ0n) is 8.95. The second kappa shape index (κ2) is 4.06. The van der Waals surface area contributed by atoms with Crippen LogP contribution >= 0.6 is 11.6 Å². The molecule has 0 aliphatic carbocycles. The Kier molecular flexibility index (Phi) is 2.75. The van der Waals surface area contributed by atoms with Crippen molar-refractivity contribution in [2.45, 2.75) is 6.92 Å². The molecule has 2 rings (SSSR count). The standard InChI is InChI=1S/C11H11ClN2O2/c1-6-3-4-7(12)11(15-2)10(6)8-5-9(13)14-16-8/h3-5H,1-2H3,(H2,13,14). The Hall–Kier alpha value is -1.68. The summed E-state index contributed by atoms with van der Waals surface area (Å²) in [4.78, 5) is 0. The van der Waals surface area contributed by atoms with E-state index in [9.17, 15) is 0 Å². The van der Waals surface area contributed by atoms with E-state index in [0.717, 1.165) is 11.1 Å². The van der Waals surface area contributed by atoms with E-state index in [-0.39, 0.29) is 0 Å². The number of anilines is 1. The molecule has 0 bridgehead atoms. The molecule has 2 aromatic rings. The lowest BCUT2D eigenvalue weighted by Gasteiger charge is -2.10. The molecule has 2 N–H and O–H groups in total. The van der Waals surface area contributed by atoms with E-state index in [1.54, 1.807) is 19.2 Å². The fraction of sp³-hybridized carbons (Fsp3) is 0.182. The Labute approximate surface area is 97.9 Å². The minimum absolute atomic E-state index is 0.330. The van der Waals surface area contributed by atoms with Crippen molar-refractivity contribution in [1.82, 2.24) is 5.16 Å². The van der Waals surface area contributed by atoms with E-state index in [0.29, 0.717) is 22.4 Å². The van der Waals surface area contributed by atoms with E-state index >= 15 is 0 Å². The smallest absolute Gasteiger partial charge is 0.173 e. The Balaban J connectivity index is 2.67. The van der Waals surface area contributed by atoms with Crippen LogP contribution in [0.5, 0.6) is 5.75 Å². The van der Waals surface area contributed by atoms with Crippen molar-refractivity contribution in [1.29, 1.82) is 0 Å². The highest BCUT2D eigenvalue weighted by Crippen LogP contribution is 2.39. The van der Waals surface area contributed by atoms with Crippen LogP contribution in [0, 0.1) is 6.92 Å². The number of methoxy groups -OCH3 is 1. The Morgan fingerprint density at radius 3 is 2.75 bits per heavy atom. The molecule has 1 aromatic heterocycles. The summed E-state index contributed by atoms with van der Waals surface area (Å²) < 4.78 is 10.4. The Morgan fingerprint density at radius 1 is 1.44 bits per heavy atom. The van der Waals surface area contributed by atoms with Gasteiger partial charge in [0.2, 0.25) is 0 Å². The summed E-state index contributed by atoms with van der Waals surface area (Å²) in [6.07, 6.45) is 0. The van der Waals surface area contributed by atoms with Crippen molar-refractivity contribution in [2.75, 3.05) is 12.8 Å². The first-order valence-corrected chi connectivity index (χ1v) is 5.07. The number of rotatable bonds is 2. The van der Waals surface area contributed by atoms with Gasteiger partial charge in [0.15, 0.2) is 11.6 Å². The van der Waals surface area contributed by atoms with Gasteiger partial charge in [0.25, 0.3) is 0 Å². The molecule has 84 valence electrons. The average molecular weight is 239 g/mol. The van der Waals surface area contributed by atoms with Crippen molar-refractivity contribution in [2.24, 2.45) is 0 Å². The summed E-state index contributed by atoms with van der Waals surface area (Å²) >= 11 is 6.04. The maximum Gasteiger partial charge on any atom is 0.173 e. The lowest BCUT2D eigenvalue weighted by Crippen LogP contribution is -1.91. The lowest BCUT2D eigenvalue weighted by molar-refractivity contribution is 0.406. The Morgan fingerprint density at radius 2 is 2.19 bits per heavy atom. The molecule has 5 heteroatoms. The first kappa shape index (κ1) is 10.8. The van der Waals surface area contributed by atoms with Crippen molar-refractivity contribution < 1.29 is 9.26 Å². The molecule has 0 aliphatic rings. The second-order valence-corrected chi connectivity index (χ2v) is 3.80. The molecule has 0 aliphatic heterocycles. The summed E-state index contributed by atoms with van der Waals surface area (Å²) in [6, 6.07) is 5.30. The molecule has 1 heterocycles. The summed E-state index contributed by atoms with van der Waals surface area (Å²) in [5, 5.41) is 4.17. The van der Waals surface area contributed by atoms with Gasteiger partial charge in [-0.15, -0.1) is 0 Å². The van der Waals surface area contributed by atoms with E-state index in [1.807, 2.05) is 13.0 Å². The predicted octanol–water partition coefficient (Wildman–Crippen LogP) is 2.89. The Bertz CT molecular complexity index is 523. The van der Waals surface area contributed by atoms with E-state index < -0.39 is 0 Å². The molecule has 4 nitrogen and oxygen atoms in total. The van der Waals surface area contributed by atoms with E-state index in [1.165, 1.54) is 0 Å². The van der Waals surface area contributed by atoms with Crippen LogP contribution in [0.15, 0.2) is 22.7 Å². The summed E-state index contributed by atoms with van der Waals surface area (Å²) in [5.74, 6) is 1.45. The number of nitrogens with two attached hydrogens (primary N) is 1. The summed E-state index contributed by atoms with van der Waals surface area (Å²) in [6.45, 7) is 1.94. The van der Waals surface area contributed by atoms with Crippen LogP contribution in [-0.2, 0) is 0 Å². The van der Waals surface area contributed by atoms with E-state index in [2.05, 4.69) is 5.16 Å². The molecule has 0 fully saturated rings. The molecule has 0 radical (unpaired) electrons. The van der Waals surface area contributed by atoms with Crippen LogP contribution in [0.1, 0.15) is 5.56 Å². The first-order chi connectivity index (χ1) is 7.63.